The van der Waals surface area contributed by atoms with Gasteiger partial charge in [-0.3, -0.25) is 4.90 Å². The Kier molecular flexibility index (Phi) is 5.56. The SMILES string of the molecule is FC(F)Oc1ccc(CN2CCC(c3nnc4n3CCNC4)CC2)cc1Cl. The lowest BCUT2D eigenvalue weighted by Crippen LogP contribution is -2.34. The summed E-state index contributed by atoms with van der Waals surface area (Å²) in [6, 6.07) is 5.00. The highest BCUT2D eigenvalue weighted by atomic mass is 35.5. The van der Waals surface area contributed by atoms with E-state index in [1.54, 1.807) is 12.1 Å². The number of aromatic nitrogens is 3. The lowest BCUT2D eigenvalue weighted by Gasteiger charge is -2.32. The zero-order valence-corrected chi connectivity index (χ0v) is 15.6. The molecule has 1 N–H and O–H groups in total. The van der Waals surface area contributed by atoms with Crippen molar-refractivity contribution in [1.29, 1.82) is 0 Å². The normalized spacial score (nSPS) is 18.7. The third-order valence-corrected chi connectivity index (χ3v) is 5.52. The highest BCUT2D eigenvalue weighted by Crippen LogP contribution is 2.30. The Balaban J connectivity index is 1.34. The number of likely N-dealkylation sites (tertiary alicyclic amines) is 1. The van der Waals surface area contributed by atoms with E-state index >= 15 is 0 Å². The Morgan fingerprint density at radius 3 is 2.78 bits per heavy atom. The summed E-state index contributed by atoms with van der Waals surface area (Å²) in [5.74, 6) is 2.59. The molecule has 1 aromatic carbocycles. The quantitative estimate of drug-likeness (QED) is 0.840. The third-order valence-electron chi connectivity index (χ3n) is 5.22. The van der Waals surface area contributed by atoms with Crippen LogP contribution in [0.25, 0.3) is 0 Å². The number of ether oxygens (including phenoxy) is 1. The van der Waals surface area contributed by atoms with E-state index in [-0.39, 0.29) is 10.8 Å². The second-order valence-corrected chi connectivity index (χ2v) is 7.40. The molecule has 3 heterocycles. The van der Waals surface area contributed by atoms with Gasteiger partial charge < -0.3 is 14.6 Å². The molecule has 4 rings (SSSR count). The molecule has 6 nitrogen and oxygen atoms in total. The fraction of sp³-hybridized carbons (Fsp3) is 0.556. The Morgan fingerprint density at radius 2 is 2.04 bits per heavy atom. The zero-order valence-electron chi connectivity index (χ0n) is 14.9. The molecule has 0 spiro atoms. The summed E-state index contributed by atoms with van der Waals surface area (Å²) in [6.07, 6.45) is 2.07. The molecule has 0 atom stereocenters. The largest absolute Gasteiger partial charge is 0.433 e. The number of benzene rings is 1. The number of fused-ring (bicyclic) bond motifs is 1. The fourth-order valence-electron chi connectivity index (χ4n) is 3.86. The Labute approximate surface area is 161 Å². The fourth-order valence-corrected chi connectivity index (χ4v) is 4.11. The van der Waals surface area contributed by atoms with Crippen LogP contribution in [0.4, 0.5) is 8.78 Å². The summed E-state index contributed by atoms with van der Waals surface area (Å²) in [4.78, 5) is 2.35. The average Bonchev–Trinajstić information content (AvgIpc) is 3.08. The average molecular weight is 398 g/mol. The van der Waals surface area contributed by atoms with Crippen LogP contribution in [-0.4, -0.2) is 45.9 Å². The molecule has 1 fully saturated rings. The monoisotopic (exact) mass is 397 g/mol. The molecule has 0 bridgehead atoms. The van der Waals surface area contributed by atoms with Crippen LogP contribution in [0.15, 0.2) is 18.2 Å². The molecule has 2 aromatic rings. The smallest absolute Gasteiger partial charge is 0.387 e. The van der Waals surface area contributed by atoms with Gasteiger partial charge in [-0.15, -0.1) is 10.2 Å². The number of alkyl halides is 2. The van der Waals surface area contributed by atoms with E-state index in [9.17, 15) is 8.78 Å². The highest BCUT2D eigenvalue weighted by molar-refractivity contribution is 6.32. The molecule has 2 aliphatic rings. The molecule has 0 unspecified atom stereocenters. The van der Waals surface area contributed by atoms with Gasteiger partial charge in [0.15, 0.2) is 0 Å². The van der Waals surface area contributed by atoms with Gasteiger partial charge in [0, 0.05) is 25.6 Å². The molecule has 0 aliphatic carbocycles. The minimum atomic E-state index is -2.87. The zero-order chi connectivity index (χ0) is 18.8. The first-order valence-electron chi connectivity index (χ1n) is 9.18. The Bertz CT molecular complexity index is 792. The van der Waals surface area contributed by atoms with Crippen molar-refractivity contribution in [3.63, 3.8) is 0 Å². The van der Waals surface area contributed by atoms with E-state index in [0.717, 1.165) is 69.3 Å². The van der Waals surface area contributed by atoms with Crippen molar-refractivity contribution in [1.82, 2.24) is 25.0 Å². The van der Waals surface area contributed by atoms with Crippen molar-refractivity contribution in [3.05, 3.63) is 40.4 Å². The van der Waals surface area contributed by atoms with Crippen LogP contribution in [-0.2, 0) is 19.6 Å². The molecule has 0 radical (unpaired) electrons. The first-order chi connectivity index (χ1) is 13.1. The summed E-state index contributed by atoms with van der Waals surface area (Å²) in [7, 11) is 0. The van der Waals surface area contributed by atoms with Crippen LogP contribution in [0.5, 0.6) is 5.75 Å². The predicted octanol–water partition coefficient (Wildman–Crippen LogP) is 3.02. The van der Waals surface area contributed by atoms with Gasteiger partial charge in [0.05, 0.1) is 11.6 Å². The van der Waals surface area contributed by atoms with Gasteiger partial charge in [-0.1, -0.05) is 17.7 Å². The topological polar surface area (TPSA) is 55.2 Å². The number of hydrogen-bond acceptors (Lipinski definition) is 5. The van der Waals surface area contributed by atoms with Crippen molar-refractivity contribution in [2.75, 3.05) is 19.6 Å². The van der Waals surface area contributed by atoms with E-state index < -0.39 is 6.61 Å². The van der Waals surface area contributed by atoms with Crippen molar-refractivity contribution < 1.29 is 13.5 Å². The van der Waals surface area contributed by atoms with Gasteiger partial charge in [0.1, 0.15) is 17.4 Å². The number of piperidine rings is 1. The lowest BCUT2D eigenvalue weighted by molar-refractivity contribution is -0.0498. The summed E-state index contributed by atoms with van der Waals surface area (Å²) in [6.45, 7) is 2.47. The molecular formula is C18H22ClF2N5O. The Hall–Kier alpha value is -1.77. The summed E-state index contributed by atoms with van der Waals surface area (Å²) < 4.78 is 31.3. The first kappa shape index (κ1) is 18.6. The summed E-state index contributed by atoms with van der Waals surface area (Å²) in [5.41, 5.74) is 0.992. The predicted molar refractivity (Wildman–Crippen MR) is 97.1 cm³/mol. The van der Waals surface area contributed by atoms with Gasteiger partial charge in [0.25, 0.3) is 0 Å². The third kappa shape index (κ3) is 4.23. The molecule has 2 aliphatic heterocycles. The molecule has 0 amide bonds. The molecule has 1 aromatic heterocycles. The summed E-state index contributed by atoms with van der Waals surface area (Å²) >= 11 is 6.05. The second kappa shape index (κ2) is 8.08. The van der Waals surface area contributed by atoms with Crippen molar-refractivity contribution in [3.8, 4) is 5.75 Å². The number of halogens is 3. The van der Waals surface area contributed by atoms with Crippen molar-refractivity contribution in [2.24, 2.45) is 0 Å². The van der Waals surface area contributed by atoms with Crippen LogP contribution >= 0.6 is 11.6 Å². The number of rotatable bonds is 5. The van der Waals surface area contributed by atoms with Gasteiger partial charge in [-0.05, 0) is 43.6 Å². The van der Waals surface area contributed by atoms with Crippen LogP contribution in [0.1, 0.15) is 36.0 Å². The summed E-state index contributed by atoms with van der Waals surface area (Å²) in [5, 5.41) is 12.3. The van der Waals surface area contributed by atoms with Crippen LogP contribution < -0.4 is 10.1 Å². The van der Waals surface area contributed by atoms with Crippen molar-refractivity contribution in [2.45, 2.75) is 45.0 Å². The second-order valence-electron chi connectivity index (χ2n) is 7.00. The molecule has 0 saturated carbocycles. The minimum Gasteiger partial charge on any atom is -0.433 e. The van der Waals surface area contributed by atoms with E-state index in [1.165, 1.54) is 6.07 Å². The number of nitrogens with one attached hydrogen (secondary N) is 1. The standard InChI is InChI=1S/C18H22ClF2N5O/c19-14-9-12(1-2-15(14)27-18(20)21)11-25-6-3-13(4-7-25)17-24-23-16-10-22-5-8-26(16)17/h1-2,9,13,18,22H,3-8,10-11H2. The maximum atomic E-state index is 12.3. The first-order valence-corrected chi connectivity index (χ1v) is 9.56. The maximum absolute atomic E-state index is 12.3. The van der Waals surface area contributed by atoms with Gasteiger partial charge in [0.2, 0.25) is 0 Å². The molecule has 1 saturated heterocycles. The number of hydrogen-bond donors (Lipinski definition) is 1. The van der Waals surface area contributed by atoms with Crippen LogP contribution in [0.3, 0.4) is 0 Å². The maximum Gasteiger partial charge on any atom is 0.387 e. The van der Waals surface area contributed by atoms with Gasteiger partial charge in [-0.25, -0.2) is 0 Å². The minimum absolute atomic E-state index is 0.0141. The molecular weight excluding hydrogens is 376 g/mol. The Morgan fingerprint density at radius 1 is 1.22 bits per heavy atom. The van der Waals surface area contributed by atoms with Gasteiger partial charge in [-0.2, -0.15) is 8.78 Å². The molecule has 27 heavy (non-hydrogen) atoms. The van der Waals surface area contributed by atoms with Crippen molar-refractivity contribution >= 4 is 11.6 Å². The molecule has 9 heteroatoms. The highest BCUT2D eigenvalue weighted by Gasteiger charge is 2.27. The van der Waals surface area contributed by atoms with E-state index in [1.807, 2.05) is 0 Å². The van der Waals surface area contributed by atoms with Crippen LogP contribution in [0.2, 0.25) is 5.02 Å². The van der Waals surface area contributed by atoms with Crippen LogP contribution in [0, 0.1) is 0 Å². The van der Waals surface area contributed by atoms with Gasteiger partial charge >= 0.3 is 6.61 Å². The van der Waals surface area contributed by atoms with E-state index in [2.05, 4.69) is 29.7 Å². The lowest BCUT2D eigenvalue weighted by atomic mass is 9.95. The number of nitrogens with zero attached hydrogens (tertiary/aromatic N) is 4. The van der Waals surface area contributed by atoms with E-state index in [0.29, 0.717) is 5.92 Å². The van der Waals surface area contributed by atoms with E-state index in [4.69, 9.17) is 11.6 Å². The molecule has 146 valence electrons.